The number of benzene rings is 1. The van der Waals surface area contributed by atoms with E-state index in [1.807, 2.05) is 18.2 Å². The lowest BCUT2D eigenvalue weighted by atomic mass is 10.1. The average molecular weight is 313 g/mol. The number of hydrogen-bond donors (Lipinski definition) is 1. The molecule has 0 radical (unpaired) electrons. The Labute approximate surface area is 130 Å². The summed E-state index contributed by atoms with van der Waals surface area (Å²) in [7, 11) is 2.42. The summed E-state index contributed by atoms with van der Waals surface area (Å²) in [5.41, 5.74) is 1.08. The number of rotatable bonds is 9. The largest absolute Gasteiger partial charge is 0.493 e. The lowest BCUT2D eigenvalue weighted by Crippen LogP contribution is -2.27. The van der Waals surface area contributed by atoms with Gasteiger partial charge in [-0.2, -0.15) is 0 Å². The Kier molecular flexibility index (Phi) is 7.75. The van der Waals surface area contributed by atoms with Crippen LogP contribution in [0.4, 0.5) is 0 Å². The minimum absolute atomic E-state index is 0.0642. The maximum Gasteiger partial charge on any atom is 0.161 e. The number of hydrogen-bond acceptors (Lipinski definition) is 4. The molecular formula is C16H27NO3S. The van der Waals surface area contributed by atoms with Crippen LogP contribution < -0.4 is 14.8 Å². The highest BCUT2D eigenvalue weighted by atomic mass is 32.2. The van der Waals surface area contributed by atoms with Gasteiger partial charge < -0.3 is 14.8 Å². The topological polar surface area (TPSA) is 47.6 Å². The number of methoxy groups -OCH3 is 2. The summed E-state index contributed by atoms with van der Waals surface area (Å²) in [5.74, 6) is 3.20. The predicted molar refractivity (Wildman–Crippen MR) is 88.7 cm³/mol. The Bertz CT molecular complexity index is 463. The summed E-state index contributed by atoms with van der Waals surface area (Å²) in [6, 6.07) is 5.92. The van der Waals surface area contributed by atoms with E-state index in [1.165, 1.54) is 0 Å². The third kappa shape index (κ3) is 5.67. The molecule has 2 unspecified atom stereocenters. The van der Waals surface area contributed by atoms with E-state index in [4.69, 9.17) is 9.47 Å². The second-order valence-electron chi connectivity index (χ2n) is 5.39. The van der Waals surface area contributed by atoms with Crippen LogP contribution >= 0.6 is 0 Å². The van der Waals surface area contributed by atoms with Gasteiger partial charge in [0.15, 0.2) is 11.5 Å². The zero-order chi connectivity index (χ0) is 15.8. The summed E-state index contributed by atoms with van der Waals surface area (Å²) in [4.78, 5) is 0. The second kappa shape index (κ2) is 9.05. The standard InChI is InChI=1S/C16H27NO3S/c1-6-17-14(11-21(18)10-12(2)3)13-7-8-15(19-4)16(9-13)20-5/h7-9,12,14,17H,6,10-11H2,1-5H3. The Morgan fingerprint density at radius 3 is 2.33 bits per heavy atom. The third-order valence-electron chi connectivity index (χ3n) is 3.13. The molecule has 0 aliphatic carbocycles. The van der Waals surface area contributed by atoms with Crippen LogP contribution in [-0.2, 0) is 10.8 Å². The molecule has 1 N–H and O–H groups in total. The van der Waals surface area contributed by atoms with Gasteiger partial charge in [0.1, 0.15) is 0 Å². The van der Waals surface area contributed by atoms with Crippen molar-refractivity contribution in [2.45, 2.75) is 26.8 Å². The zero-order valence-corrected chi connectivity index (χ0v) is 14.5. The molecule has 0 spiro atoms. The van der Waals surface area contributed by atoms with Crippen LogP contribution in [0.5, 0.6) is 11.5 Å². The van der Waals surface area contributed by atoms with Crippen molar-refractivity contribution in [2.75, 3.05) is 32.3 Å². The molecule has 5 heteroatoms. The van der Waals surface area contributed by atoms with Crippen LogP contribution in [0, 0.1) is 5.92 Å². The van der Waals surface area contributed by atoms with Gasteiger partial charge >= 0.3 is 0 Å². The van der Waals surface area contributed by atoms with E-state index in [0.717, 1.165) is 17.9 Å². The van der Waals surface area contributed by atoms with Crippen molar-refractivity contribution in [3.63, 3.8) is 0 Å². The lowest BCUT2D eigenvalue weighted by molar-refractivity contribution is 0.354. The molecule has 120 valence electrons. The maximum absolute atomic E-state index is 12.2. The molecule has 1 aromatic rings. The second-order valence-corrected chi connectivity index (χ2v) is 6.94. The predicted octanol–water partition coefficient (Wildman–Crippen LogP) is 2.76. The van der Waals surface area contributed by atoms with E-state index in [1.54, 1.807) is 14.2 Å². The van der Waals surface area contributed by atoms with Crippen LogP contribution in [0.15, 0.2) is 18.2 Å². The summed E-state index contributed by atoms with van der Waals surface area (Å²) >= 11 is 0. The summed E-state index contributed by atoms with van der Waals surface area (Å²) in [6.45, 7) is 7.07. The van der Waals surface area contributed by atoms with Crippen LogP contribution in [-0.4, -0.2) is 36.5 Å². The summed E-state index contributed by atoms with van der Waals surface area (Å²) in [6.07, 6.45) is 0. The minimum atomic E-state index is -0.832. The van der Waals surface area contributed by atoms with Gasteiger partial charge in [-0.1, -0.05) is 26.8 Å². The van der Waals surface area contributed by atoms with Crippen LogP contribution in [0.1, 0.15) is 32.4 Å². The fourth-order valence-electron chi connectivity index (χ4n) is 2.21. The normalized spacial score (nSPS) is 14.0. The first-order valence-electron chi connectivity index (χ1n) is 7.32. The molecule has 0 aromatic heterocycles. The van der Waals surface area contributed by atoms with Crippen molar-refractivity contribution >= 4 is 10.8 Å². The van der Waals surface area contributed by atoms with E-state index in [-0.39, 0.29) is 6.04 Å². The van der Waals surface area contributed by atoms with Gasteiger partial charge in [0.2, 0.25) is 0 Å². The first-order valence-corrected chi connectivity index (χ1v) is 8.80. The zero-order valence-electron chi connectivity index (χ0n) is 13.6. The van der Waals surface area contributed by atoms with Gasteiger partial charge in [0, 0.05) is 28.3 Å². The molecule has 4 nitrogen and oxygen atoms in total. The van der Waals surface area contributed by atoms with Gasteiger partial charge in [0.25, 0.3) is 0 Å². The van der Waals surface area contributed by atoms with Crippen molar-refractivity contribution in [3.05, 3.63) is 23.8 Å². The molecule has 0 heterocycles. The highest BCUT2D eigenvalue weighted by Crippen LogP contribution is 2.30. The Hall–Kier alpha value is -1.07. The fourth-order valence-corrected chi connectivity index (χ4v) is 3.78. The molecule has 0 aliphatic rings. The Morgan fingerprint density at radius 2 is 1.81 bits per heavy atom. The maximum atomic E-state index is 12.2. The van der Waals surface area contributed by atoms with Crippen LogP contribution in [0.3, 0.4) is 0 Å². The molecule has 0 saturated carbocycles. The highest BCUT2D eigenvalue weighted by molar-refractivity contribution is 7.85. The van der Waals surface area contributed by atoms with E-state index >= 15 is 0 Å². The minimum Gasteiger partial charge on any atom is -0.493 e. The first-order chi connectivity index (χ1) is 10.0. The Morgan fingerprint density at radius 1 is 1.14 bits per heavy atom. The fraction of sp³-hybridized carbons (Fsp3) is 0.625. The van der Waals surface area contributed by atoms with Gasteiger partial charge in [-0.25, -0.2) is 0 Å². The van der Waals surface area contributed by atoms with Gasteiger partial charge in [-0.05, 0) is 30.2 Å². The lowest BCUT2D eigenvalue weighted by Gasteiger charge is -2.20. The quantitative estimate of drug-likeness (QED) is 0.761. The van der Waals surface area contributed by atoms with Crippen LogP contribution in [0.2, 0.25) is 0 Å². The summed E-state index contributed by atoms with van der Waals surface area (Å²) < 4.78 is 22.8. The first kappa shape index (κ1) is 18.0. The van der Waals surface area contributed by atoms with E-state index in [0.29, 0.717) is 23.2 Å². The van der Waals surface area contributed by atoms with E-state index in [9.17, 15) is 4.21 Å². The van der Waals surface area contributed by atoms with E-state index < -0.39 is 10.8 Å². The van der Waals surface area contributed by atoms with Gasteiger partial charge in [0.05, 0.1) is 14.2 Å². The van der Waals surface area contributed by atoms with Crippen molar-refractivity contribution in [2.24, 2.45) is 5.92 Å². The average Bonchev–Trinajstić information content (AvgIpc) is 2.45. The number of ether oxygens (including phenoxy) is 2. The molecule has 2 atom stereocenters. The molecule has 1 rings (SSSR count). The summed E-state index contributed by atoms with van der Waals surface area (Å²) in [5, 5.41) is 3.40. The van der Waals surface area contributed by atoms with Gasteiger partial charge in [-0.3, -0.25) is 4.21 Å². The Balaban J connectivity index is 2.91. The van der Waals surface area contributed by atoms with Crippen molar-refractivity contribution in [3.8, 4) is 11.5 Å². The molecule has 0 fully saturated rings. The molecule has 0 amide bonds. The smallest absolute Gasteiger partial charge is 0.161 e. The molecule has 0 aliphatic heterocycles. The SMILES string of the molecule is CCNC(CS(=O)CC(C)C)c1ccc(OC)c(OC)c1. The van der Waals surface area contributed by atoms with Crippen molar-refractivity contribution in [1.29, 1.82) is 0 Å². The molecular weight excluding hydrogens is 286 g/mol. The molecule has 0 bridgehead atoms. The van der Waals surface area contributed by atoms with Crippen molar-refractivity contribution in [1.82, 2.24) is 5.32 Å². The third-order valence-corrected chi connectivity index (χ3v) is 4.88. The molecule has 1 aromatic carbocycles. The van der Waals surface area contributed by atoms with E-state index in [2.05, 4.69) is 26.1 Å². The monoisotopic (exact) mass is 313 g/mol. The van der Waals surface area contributed by atoms with Crippen LogP contribution in [0.25, 0.3) is 0 Å². The highest BCUT2D eigenvalue weighted by Gasteiger charge is 2.17. The molecule has 21 heavy (non-hydrogen) atoms. The van der Waals surface area contributed by atoms with Crippen molar-refractivity contribution < 1.29 is 13.7 Å². The van der Waals surface area contributed by atoms with Gasteiger partial charge in [-0.15, -0.1) is 0 Å². The number of nitrogens with one attached hydrogen (secondary N) is 1. The molecule has 0 saturated heterocycles.